The van der Waals surface area contributed by atoms with Gasteiger partial charge in [0.05, 0.1) is 6.54 Å². The van der Waals surface area contributed by atoms with E-state index in [-0.39, 0.29) is 0 Å². The zero-order chi connectivity index (χ0) is 13.5. The second-order valence-electron chi connectivity index (χ2n) is 5.35. The quantitative estimate of drug-likeness (QED) is 0.468. The average molecular weight is 259 g/mol. The summed E-state index contributed by atoms with van der Waals surface area (Å²) in [7, 11) is 0. The number of aliphatic imine (C=N–C) groups is 1. The summed E-state index contributed by atoms with van der Waals surface area (Å²) < 4.78 is 0. The van der Waals surface area contributed by atoms with E-state index in [1.165, 1.54) is 36.8 Å². The molecule has 0 atom stereocenters. The van der Waals surface area contributed by atoms with Gasteiger partial charge in [0.2, 0.25) is 0 Å². The van der Waals surface area contributed by atoms with Crippen molar-refractivity contribution in [3.05, 3.63) is 35.4 Å². The van der Waals surface area contributed by atoms with E-state index in [1.54, 1.807) is 0 Å². The third-order valence-electron chi connectivity index (χ3n) is 3.28. The molecule has 3 nitrogen and oxygen atoms in total. The average Bonchev–Trinajstić information content (AvgIpc) is 3.22. The van der Waals surface area contributed by atoms with Gasteiger partial charge in [-0.2, -0.15) is 0 Å². The fourth-order valence-electron chi connectivity index (χ4n) is 1.82. The molecular formula is C16H25N3. The van der Waals surface area contributed by atoms with Crippen LogP contribution in [0.1, 0.15) is 43.7 Å². The summed E-state index contributed by atoms with van der Waals surface area (Å²) in [6.07, 6.45) is 4.95. The first-order valence-corrected chi connectivity index (χ1v) is 7.38. The molecule has 1 aliphatic carbocycles. The maximum Gasteiger partial charge on any atom is 0.191 e. The molecule has 1 saturated carbocycles. The van der Waals surface area contributed by atoms with E-state index in [0.29, 0.717) is 6.04 Å². The zero-order valence-corrected chi connectivity index (χ0v) is 12.1. The fraction of sp³-hybridized carbons (Fsp3) is 0.562. The lowest BCUT2D eigenvalue weighted by Gasteiger charge is -2.11. The predicted molar refractivity (Wildman–Crippen MR) is 81.4 cm³/mol. The smallest absolute Gasteiger partial charge is 0.191 e. The van der Waals surface area contributed by atoms with Gasteiger partial charge in [-0.1, -0.05) is 43.2 Å². The highest BCUT2D eigenvalue weighted by atomic mass is 15.2. The number of benzene rings is 1. The number of guanidine groups is 1. The van der Waals surface area contributed by atoms with Crippen LogP contribution in [-0.4, -0.2) is 18.5 Å². The van der Waals surface area contributed by atoms with Crippen LogP contribution >= 0.6 is 0 Å². The molecule has 0 saturated heterocycles. The molecule has 0 aliphatic heterocycles. The number of hydrogen-bond donors (Lipinski definition) is 2. The summed E-state index contributed by atoms with van der Waals surface area (Å²) in [5, 5.41) is 6.88. The minimum absolute atomic E-state index is 0.644. The normalized spacial score (nSPS) is 15.4. The van der Waals surface area contributed by atoms with E-state index in [2.05, 4.69) is 53.7 Å². The van der Waals surface area contributed by atoms with E-state index in [4.69, 9.17) is 0 Å². The Morgan fingerprint density at radius 1 is 1.26 bits per heavy atom. The molecule has 0 amide bonds. The number of nitrogens with one attached hydrogen (secondary N) is 2. The SMILES string of the molecule is CCCCNC(=NCc1ccc(C)cc1)NC1CC1. The molecule has 1 aliphatic rings. The van der Waals surface area contributed by atoms with Crippen LogP contribution in [-0.2, 0) is 6.54 Å². The molecule has 2 rings (SSSR count). The Bertz CT molecular complexity index is 405. The van der Waals surface area contributed by atoms with Crippen LogP contribution in [0.3, 0.4) is 0 Å². The Morgan fingerprint density at radius 3 is 2.63 bits per heavy atom. The van der Waals surface area contributed by atoms with Gasteiger partial charge in [-0.05, 0) is 31.7 Å². The van der Waals surface area contributed by atoms with Gasteiger partial charge in [-0.25, -0.2) is 4.99 Å². The van der Waals surface area contributed by atoms with Crippen LogP contribution in [0.5, 0.6) is 0 Å². The molecule has 0 unspecified atom stereocenters. The van der Waals surface area contributed by atoms with Gasteiger partial charge >= 0.3 is 0 Å². The van der Waals surface area contributed by atoms with Gasteiger partial charge < -0.3 is 10.6 Å². The first kappa shape index (κ1) is 13.9. The molecule has 1 fully saturated rings. The second kappa shape index (κ2) is 7.17. The first-order chi connectivity index (χ1) is 9.28. The van der Waals surface area contributed by atoms with Crippen molar-refractivity contribution in [2.75, 3.05) is 6.54 Å². The van der Waals surface area contributed by atoms with E-state index < -0.39 is 0 Å². The molecule has 19 heavy (non-hydrogen) atoms. The number of rotatable bonds is 6. The summed E-state index contributed by atoms with van der Waals surface area (Å²) >= 11 is 0. The minimum Gasteiger partial charge on any atom is -0.356 e. The Balaban J connectivity index is 1.87. The molecule has 1 aromatic rings. The van der Waals surface area contributed by atoms with Gasteiger partial charge in [-0.15, -0.1) is 0 Å². The summed E-state index contributed by atoms with van der Waals surface area (Å²) in [5.41, 5.74) is 2.56. The van der Waals surface area contributed by atoms with Crippen LogP contribution in [0, 0.1) is 6.92 Å². The third kappa shape index (κ3) is 5.33. The number of hydrogen-bond acceptors (Lipinski definition) is 1. The van der Waals surface area contributed by atoms with E-state index in [9.17, 15) is 0 Å². The van der Waals surface area contributed by atoms with Gasteiger partial charge in [0.15, 0.2) is 5.96 Å². The van der Waals surface area contributed by atoms with Crippen LogP contribution in [0.25, 0.3) is 0 Å². The van der Waals surface area contributed by atoms with E-state index in [1.807, 2.05) is 0 Å². The van der Waals surface area contributed by atoms with Gasteiger partial charge in [0.25, 0.3) is 0 Å². The topological polar surface area (TPSA) is 36.4 Å². The van der Waals surface area contributed by atoms with E-state index in [0.717, 1.165) is 19.0 Å². The highest BCUT2D eigenvalue weighted by Crippen LogP contribution is 2.18. The molecule has 0 aromatic heterocycles. The molecule has 2 N–H and O–H groups in total. The van der Waals surface area contributed by atoms with Crippen molar-refractivity contribution in [1.29, 1.82) is 0 Å². The van der Waals surface area contributed by atoms with Crippen molar-refractivity contribution in [3.63, 3.8) is 0 Å². The fourth-order valence-corrected chi connectivity index (χ4v) is 1.82. The molecule has 1 aromatic carbocycles. The van der Waals surface area contributed by atoms with Gasteiger partial charge in [-0.3, -0.25) is 0 Å². The van der Waals surface area contributed by atoms with Gasteiger partial charge in [0, 0.05) is 12.6 Å². The summed E-state index contributed by atoms with van der Waals surface area (Å²) in [5.74, 6) is 0.969. The van der Waals surface area contributed by atoms with Crippen molar-refractivity contribution in [2.24, 2.45) is 4.99 Å². The Morgan fingerprint density at radius 2 is 2.00 bits per heavy atom. The van der Waals surface area contributed by atoms with Crippen LogP contribution in [0.4, 0.5) is 0 Å². The highest BCUT2D eigenvalue weighted by Gasteiger charge is 2.22. The standard InChI is InChI=1S/C16H25N3/c1-3-4-11-17-16(19-15-9-10-15)18-12-14-7-5-13(2)6-8-14/h5-8,15H,3-4,9-12H2,1-2H3,(H2,17,18,19). The lowest BCUT2D eigenvalue weighted by atomic mass is 10.1. The van der Waals surface area contributed by atoms with Crippen molar-refractivity contribution in [2.45, 2.75) is 52.1 Å². The minimum atomic E-state index is 0.644. The summed E-state index contributed by atoms with van der Waals surface area (Å²) in [6, 6.07) is 9.23. The maximum atomic E-state index is 4.67. The molecule has 104 valence electrons. The third-order valence-corrected chi connectivity index (χ3v) is 3.28. The first-order valence-electron chi connectivity index (χ1n) is 7.38. The number of nitrogens with zero attached hydrogens (tertiary/aromatic N) is 1. The molecule has 0 spiro atoms. The van der Waals surface area contributed by atoms with Crippen molar-refractivity contribution in [3.8, 4) is 0 Å². The Hall–Kier alpha value is -1.51. The molecule has 0 heterocycles. The molecule has 0 bridgehead atoms. The van der Waals surface area contributed by atoms with Crippen LogP contribution < -0.4 is 10.6 Å². The lowest BCUT2D eigenvalue weighted by Crippen LogP contribution is -2.39. The zero-order valence-electron chi connectivity index (χ0n) is 12.1. The second-order valence-corrected chi connectivity index (χ2v) is 5.35. The largest absolute Gasteiger partial charge is 0.356 e. The highest BCUT2D eigenvalue weighted by molar-refractivity contribution is 5.80. The van der Waals surface area contributed by atoms with Crippen molar-refractivity contribution >= 4 is 5.96 Å². The number of unbranched alkanes of at least 4 members (excludes halogenated alkanes) is 1. The van der Waals surface area contributed by atoms with E-state index >= 15 is 0 Å². The Labute approximate surface area is 116 Å². The Kier molecular flexibility index (Phi) is 5.25. The van der Waals surface area contributed by atoms with Crippen LogP contribution in [0.2, 0.25) is 0 Å². The lowest BCUT2D eigenvalue weighted by molar-refractivity contribution is 0.723. The van der Waals surface area contributed by atoms with Crippen LogP contribution in [0.15, 0.2) is 29.3 Å². The molecular weight excluding hydrogens is 234 g/mol. The summed E-state index contributed by atoms with van der Waals surface area (Å²) in [6.45, 7) is 6.07. The summed E-state index contributed by atoms with van der Waals surface area (Å²) in [4.78, 5) is 4.67. The maximum absolute atomic E-state index is 4.67. The van der Waals surface area contributed by atoms with Crippen molar-refractivity contribution in [1.82, 2.24) is 10.6 Å². The predicted octanol–water partition coefficient (Wildman–Crippen LogP) is 2.99. The van der Waals surface area contributed by atoms with Gasteiger partial charge in [0.1, 0.15) is 0 Å². The number of aryl methyl sites for hydroxylation is 1. The monoisotopic (exact) mass is 259 g/mol. The molecule has 0 radical (unpaired) electrons. The molecule has 3 heteroatoms. The van der Waals surface area contributed by atoms with Crippen molar-refractivity contribution < 1.29 is 0 Å².